The minimum atomic E-state index is -0.679. The van der Waals surface area contributed by atoms with Crippen LogP contribution in [0.1, 0.15) is 87.4 Å². The third-order valence-corrected chi connectivity index (χ3v) is 6.11. The fourth-order valence-corrected chi connectivity index (χ4v) is 4.23. The Hall–Kier alpha value is -4.08. The minimum Gasteiger partial charge on any atom is -0.493 e. The van der Waals surface area contributed by atoms with Gasteiger partial charge in [0.25, 0.3) is 5.91 Å². The van der Waals surface area contributed by atoms with E-state index in [-0.39, 0.29) is 17.7 Å². The molecule has 3 rings (SSSR count). The van der Waals surface area contributed by atoms with Crippen LogP contribution in [0.3, 0.4) is 0 Å². The summed E-state index contributed by atoms with van der Waals surface area (Å²) in [6.45, 7) is 12.2. The molecule has 2 aromatic carbocycles. The summed E-state index contributed by atoms with van der Waals surface area (Å²) in [5, 5.41) is 16.5. The molecule has 1 unspecified atom stereocenters. The highest BCUT2D eigenvalue weighted by Gasteiger charge is 2.26. The van der Waals surface area contributed by atoms with E-state index in [1.54, 1.807) is 45.0 Å². The van der Waals surface area contributed by atoms with Crippen LogP contribution in [-0.4, -0.2) is 54.8 Å². The van der Waals surface area contributed by atoms with Gasteiger partial charge in [0.1, 0.15) is 22.8 Å². The molecule has 3 amide bonds. The molecule has 0 radical (unpaired) electrons. The predicted octanol–water partition coefficient (Wildman–Crippen LogP) is 5.29. The molecule has 222 valence electrons. The van der Waals surface area contributed by atoms with E-state index in [4.69, 9.17) is 19.6 Å². The zero-order valence-corrected chi connectivity index (χ0v) is 24.8. The Morgan fingerprint density at radius 2 is 1.51 bits per heavy atom. The lowest BCUT2D eigenvalue weighted by molar-refractivity contribution is 0.0523. The van der Waals surface area contributed by atoms with Gasteiger partial charge in [-0.25, -0.2) is 9.59 Å². The summed E-state index contributed by atoms with van der Waals surface area (Å²) in [4.78, 5) is 36.5. The maximum absolute atomic E-state index is 12.7. The molecule has 1 aliphatic rings. The van der Waals surface area contributed by atoms with Gasteiger partial charge < -0.3 is 24.8 Å². The second kappa shape index (κ2) is 13.5. The molecule has 1 atom stereocenters. The highest BCUT2D eigenvalue weighted by molar-refractivity contribution is 6.04. The standard InChI is InChI=1S/C31H42N4O6/c1-30(2,3)40-28(37)34-16-7-8-20-9-11-21(12-10-20)27(36)33-17-15-23-19-39-25-14-13-22(18-24(23)25)26(32)35-29(38)41-31(4,5)6/h9-14,18,23H,7-8,15-17,19H2,1-6H3,(H,33,36)(H,34,37)(H2,32,35,38). The third-order valence-electron chi connectivity index (χ3n) is 6.11. The number of amides is 3. The molecule has 0 bridgehead atoms. The average molecular weight is 567 g/mol. The number of benzene rings is 2. The van der Waals surface area contributed by atoms with Gasteiger partial charge >= 0.3 is 12.2 Å². The Bertz CT molecular complexity index is 1240. The molecule has 41 heavy (non-hydrogen) atoms. The Kier molecular flexibility index (Phi) is 10.4. The average Bonchev–Trinajstić information content (AvgIpc) is 3.27. The van der Waals surface area contributed by atoms with Crippen LogP contribution >= 0.6 is 0 Å². The van der Waals surface area contributed by atoms with E-state index in [1.165, 1.54) is 0 Å². The first kappa shape index (κ1) is 31.4. The topological polar surface area (TPSA) is 139 Å². The Balaban J connectivity index is 1.44. The maximum Gasteiger partial charge on any atom is 0.413 e. The normalized spacial score (nSPS) is 14.3. The number of rotatable bonds is 9. The summed E-state index contributed by atoms with van der Waals surface area (Å²) in [5.74, 6) is 0.589. The van der Waals surface area contributed by atoms with E-state index >= 15 is 0 Å². The van der Waals surface area contributed by atoms with Crippen LogP contribution in [0, 0.1) is 5.41 Å². The van der Waals surface area contributed by atoms with Crippen LogP contribution in [0.4, 0.5) is 9.59 Å². The number of alkyl carbamates (subject to hydrolysis) is 2. The van der Waals surface area contributed by atoms with Gasteiger partial charge in [-0.2, -0.15) is 0 Å². The lowest BCUT2D eigenvalue weighted by atomic mass is 9.96. The van der Waals surface area contributed by atoms with Crippen molar-refractivity contribution < 1.29 is 28.6 Å². The summed E-state index contributed by atoms with van der Waals surface area (Å²) in [6, 6.07) is 12.8. The van der Waals surface area contributed by atoms with Crippen LogP contribution in [0.25, 0.3) is 0 Å². The highest BCUT2D eigenvalue weighted by Crippen LogP contribution is 2.36. The van der Waals surface area contributed by atoms with E-state index in [1.807, 2.05) is 39.0 Å². The van der Waals surface area contributed by atoms with Gasteiger partial charge in [0, 0.05) is 35.7 Å². The van der Waals surface area contributed by atoms with Gasteiger partial charge in [-0.05, 0) is 96.7 Å². The maximum atomic E-state index is 12.7. The van der Waals surface area contributed by atoms with Gasteiger partial charge in [0.15, 0.2) is 0 Å². The zero-order valence-electron chi connectivity index (χ0n) is 24.8. The Morgan fingerprint density at radius 3 is 2.17 bits per heavy atom. The Morgan fingerprint density at radius 1 is 0.878 bits per heavy atom. The fourth-order valence-electron chi connectivity index (χ4n) is 4.23. The number of ether oxygens (including phenoxy) is 3. The SMILES string of the molecule is CC(C)(C)OC(=O)NCCCc1ccc(C(=O)NCCC2COc3ccc(C(=N)NC(=O)OC(C)(C)C)cc32)cc1. The molecular weight excluding hydrogens is 524 g/mol. The zero-order chi connectivity index (χ0) is 30.2. The smallest absolute Gasteiger partial charge is 0.413 e. The number of hydrogen-bond acceptors (Lipinski definition) is 7. The van der Waals surface area contributed by atoms with E-state index in [0.29, 0.717) is 37.2 Å². The summed E-state index contributed by atoms with van der Waals surface area (Å²) in [6.07, 6.45) is 1.09. The minimum absolute atomic E-state index is 0.0521. The van der Waals surface area contributed by atoms with Crippen LogP contribution in [0.15, 0.2) is 42.5 Å². The first-order chi connectivity index (χ1) is 19.2. The molecule has 0 aliphatic carbocycles. The van der Waals surface area contributed by atoms with Crippen molar-refractivity contribution in [1.82, 2.24) is 16.0 Å². The number of carbonyl (C=O) groups excluding carboxylic acids is 3. The summed E-state index contributed by atoms with van der Waals surface area (Å²) >= 11 is 0. The first-order valence-corrected chi connectivity index (χ1v) is 13.9. The highest BCUT2D eigenvalue weighted by atomic mass is 16.6. The van der Waals surface area contributed by atoms with Gasteiger partial charge in [0.2, 0.25) is 0 Å². The van der Waals surface area contributed by atoms with E-state index in [2.05, 4.69) is 16.0 Å². The molecule has 1 aliphatic heterocycles. The first-order valence-electron chi connectivity index (χ1n) is 13.9. The van der Waals surface area contributed by atoms with E-state index < -0.39 is 23.4 Å². The number of carbonyl (C=O) groups is 3. The van der Waals surface area contributed by atoms with Crippen molar-refractivity contribution in [2.45, 2.75) is 77.9 Å². The monoisotopic (exact) mass is 566 g/mol. The molecule has 10 heteroatoms. The van der Waals surface area contributed by atoms with Crippen LogP contribution < -0.4 is 20.7 Å². The van der Waals surface area contributed by atoms with Gasteiger partial charge in [-0.3, -0.25) is 15.5 Å². The van der Waals surface area contributed by atoms with Crippen molar-refractivity contribution in [3.05, 3.63) is 64.7 Å². The number of nitrogens with one attached hydrogen (secondary N) is 4. The summed E-state index contributed by atoms with van der Waals surface area (Å²) in [5.41, 5.74) is 1.97. The van der Waals surface area contributed by atoms with Crippen molar-refractivity contribution in [3.8, 4) is 5.75 Å². The fraction of sp³-hybridized carbons (Fsp3) is 0.484. The molecule has 0 aromatic heterocycles. The van der Waals surface area contributed by atoms with Crippen molar-refractivity contribution in [2.75, 3.05) is 19.7 Å². The number of aryl methyl sites for hydroxylation is 1. The molecule has 0 spiro atoms. The molecule has 1 heterocycles. The molecule has 0 saturated heterocycles. The molecule has 10 nitrogen and oxygen atoms in total. The predicted molar refractivity (Wildman–Crippen MR) is 157 cm³/mol. The second-order valence-corrected chi connectivity index (χ2v) is 12.0. The van der Waals surface area contributed by atoms with Crippen molar-refractivity contribution in [3.63, 3.8) is 0 Å². The van der Waals surface area contributed by atoms with Gasteiger partial charge in [0.05, 0.1) is 6.61 Å². The molecule has 4 N–H and O–H groups in total. The Labute approximate surface area is 242 Å². The second-order valence-electron chi connectivity index (χ2n) is 12.0. The quantitative estimate of drug-likeness (QED) is 0.185. The lowest BCUT2D eigenvalue weighted by Crippen LogP contribution is -2.36. The lowest BCUT2D eigenvalue weighted by Gasteiger charge is -2.20. The van der Waals surface area contributed by atoms with Crippen molar-refractivity contribution in [2.24, 2.45) is 0 Å². The summed E-state index contributed by atoms with van der Waals surface area (Å²) < 4.78 is 16.3. The van der Waals surface area contributed by atoms with E-state index in [9.17, 15) is 14.4 Å². The number of hydrogen-bond donors (Lipinski definition) is 4. The van der Waals surface area contributed by atoms with Crippen LogP contribution in [0.2, 0.25) is 0 Å². The molecular formula is C31H42N4O6. The van der Waals surface area contributed by atoms with Crippen molar-refractivity contribution >= 4 is 23.9 Å². The molecule has 2 aromatic rings. The third kappa shape index (κ3) is 10.4. The van der Waals surface area contributed by atoms with Crippen LogP contribution in [-0.2, 0) is 15.9 Å². The number of amidine groups is 1. The van der Waals surface area contributed by atoms with Gasteiger partial charge in [-0.15, -0.1) is 0 Å². The van der Waals surface area contributed by atoms with Crippen molar-refractivity contribution in [1.29, 1.82) is 5.41 Å². The largest absolute Gasteiger partial charge is 0.493 e. The van der Waals surface area contributed by atoms with Crippen LogP contribution in [0.5, 0.6) is 5.75 Å². The summed E-state index contributed by atoms with van der Waals surface area (Å²) in [7, 11) is 0. The molecule has 0 saturated carbocycles. The number of fused-ring (bicyclic) bond motifs is 1. The van der Waals surface area contributed by atoms with E-state index in [0.717, 1.165) is 29.7 Å². The molecule has 0 fully saturated rings. The van der Waals surface area contributed by atoms with Gasteiger partial charge in [-0.1, -0.05) is 12.1 Å².